The third-order valence-electron chi connectivity index (χ3n) is 2.75. The van der Waals surface area contributed by atoms with Gasteiger partial charge in [0.15, 0.2) is 0 Å². The smallest absolute Gasteiger partial charge is 0.0739 e. The number of hydrogen-bond donors (Lipinski definition) is 1. The first-order valence-corrected chi connectivity index (χ1v) is 7.97. The molecule has 0 saturated carbocycles. The molecule has 98 valence electrons. The predicted octanol–water partition coefficient (Wildman–Crippen LogP) is 1.96. The largest absolute Gasteiger partial charge is 0.330 e. The molecule has 0 aliphatic heterocycles. The van der Waals surface area contributed by atoms with E-state index in [-0.39, 0.29) is 5.25 Å². The lowest BCUT2D eigenvalue weighted by atomic mass is 10.3. The van der Waals surface area contributed by atoms with E-state index in [2.05, 4.69) is 21.0 Å². The van der Waals surface area contributed by atoms with Crippen molar-refractivity contribution < 1.29 is 4.21 Å². The molecule has 1 rings (SSSR count). The van der Waals surface area contributed by atoms with Gasteiger partial charge in [0.1, 0.15) is 0 Å². The van der Waals surface area contributed by atoms with E-state index in [9.17, 15) is 4.21 Å². The fourth-order valence-electron chi connectivity index (χ4n) is 1.65. The highest BCUT2D eigenvalue weighted by molar-refractivity contribution is 9.10. The molecule has 0 bridgehead atoms. The van der Waals surface area contributed by atoms with Gasteiger partial charge in [-0.15, -0.1) is 0 Å². The zero-order valence-corrected chi connectivity index (χ0v) is 13.0. The van der Waals surface area contributed by atoms with Crippen LogP contribution >= 0.6 is 15.9 Å². The van der Waals surface area contributed by atoms with Crippen molar-refractivity contribution in [3.8, 4) is 0 Å². The Morgan fingerprint density at radius 2 is 2.24 bits per heavy atom. The second kappa shape index (κ2) is 6.66. The van der Waals surface area contributed by atoms with E-state index >= 15 is 0 Å². The van der Waals surface area contributed by atoms with E-state index in [0.717, 1.165) is 28.8 Å². The summed E-state index contributed by atoms with van der Waals surface area (Å²) in [6.07, 6.45) is 0.795. The van der Waals surface area contributed by atoms with Crippen molar-refractivity contribution >= 4 is 26.7 Å². The summed E-state index contributed by atoms with van der Waals surface area (Å²) in [5, 5.41) is 4.53. The van der Waals surface area contributed by atoms with Gasteiger partial charge in [0.25, 0.3) is 0 Å². The molecule has 1 aromatic rings. The van der Waals surface area contributed by atoms with Crippen LogP contribution in [0.3, 0.4) is 0 Å². The van der Waals surface area contributed by atoms with E-state index in [4.69, 9.17) is 5.73 Å². The highest BCUT2D eigenvalue weighted by Crippen LogP contribution is 2.23. The fourth-order valence-corrected chi connectivity index (χ4v) is 3.51. The van der Waals surface area contributed by atoms with Crippen LogP contribution in [0.25, 0.3) is 0 Å². The van der Waals surface area contributed by atoms with Crippen molar-refractivity contribution in [2.45, 2.75) is 44.7 Å². The maximum Gasteiger partial charge on any atom is 0.0739 e. The highest BCUT2D eigenvalue weighted by atomic mass is 79.9. The van der Waals surface area contributed by atoms with Crippen molar-refractivity contribution in [3.05, 3.63) is 15.9 Å². The lowest BCUT2D eigenvalue weighted by Gasteiger charge is -2.11. The van der Waals surface area contributed by atoms with Crippen LogP contribution < -0.4 is 5.73 Å². The average Bonchev–Trinajstić information content (AvgIpc) is 2.57. The van der Waals surface area contributed by atoms with Crippen LogP contribution in [0.1, 0.15) is 31.7 Å². The number of hydrogen-bond acceptors (Lipinski definition) is 3. The first-order valence-electron chi connectivity index (χ1n) is 5.80. The Kier molecular flexibility index (Phi) is 5.82. The Labute approximate surface area is 114 Å². The molecule has 0 aliphatic rings. The van der Waals surface area contributed by atoms with Crippen molar-refractivity contribution in [3.63, 3.8) is 0 Å². The molecule has 4 nitrogen and oxygen atoms in total. The van der Waals surface area contributed by atoms with Gasteiger partial charge in [-0.3, -0.25) is 8.89 Å². The first kappa shape index (κ1) is 14.9. The van der Waals surface area contributed by atoms with Crippen molar-refractivity contribution in [1.82, 2.24) is 9.78 Å². The van der Waals surface area contributed by atoms with Crippen molar-refractivity contribution in [1.29, 1.82) is 0 Å². The molecular formula is C11H20BrN3OS. The number of halogens is 1. The SMILES string of the molecule is CCn1nc(C)c(Br)c1CS(=O)C(C)CCN. The molecule has 0 aliphatic carbocycles. The van der Waals surface area contributed by atoms with Crippen LogP contribution in [0.2, 0.25) is 0 Å². The van der Waals surface area contributed by atoms with Crippen molar-refractivity contribution in [2.75, 3.05) is 6.54 Å². The number of rotatable bonds is 6. The minimum atomic E-state index is -0.895. The summed E-state index contributed by atoms with van der Waals surface area (Å²) in [5.74, 6) is 0.538. The van der Waals surface area contributed by atoms with E-state index in [1.165, 1.54) is 0 Å². The minimum Gasteiger partial charge on any atom is -0.330 e. The van der Waals surface area contributed by atoms with Crippen LogP contribution in [-0.2, 0) is 23.1 Å². The Bertz CT molecular complexity index is 406. The summed E-state index contributed by atoms with van der Waals surface area (Å²) in [5.41, 5.74) is 7.46. The maximum atomic E-state index is 12.1. The fraction of sp³-hybridized carbons (Fsp3) is 0.727. The second-order valence-corrected chi connectivity index (χ2v) is 6.72. The van der Waals surface area contributed by atoms with E-state index in [1.807, 2.05) is 25.5 Å². The van der Waals surface area contributed by atoms with Gasteiger partial charge >= 0.3 is 0 Å². The van der Waals surface area contributed by atoms with Gasteiger partial charge in [-0.2, -0.15) is 5.10 Å². The second-order valence-electron chi connectivity index (χ2n) is 4.07. The van der Waals surface area contributed by atoms with Gasteiger partial charge in [-0.1, -0.05) is 6.92 Å². The number of aryl methyl sites for hydroxylation is 2. The highest BCUT2D eigenvalue weighted by Gasteiger charge is 2.17. The van der Waals surface area contributed by atoms with Gasteiger partial charge < -0.3 is 5.73 Å². The lowest BCUT2D eigenvalue weighted by molar-refractivity contribution is 0.623. The normalized spacial score (nSPS) is 14.9. The maximum absolute atomic E-state index is 12.1. The Morgan fingerprint density at radius 1 is 1.59 bits per heavy atom. The number of nitrogens with two attached hydrogens (primary N) is 1. The van der Waals surface area contributed by atoms with E-state index in [1.54, 1.807) is 0 Å². The monoisotopic (exact) mass is 321 g/mol. The van der Waals surface area contributed by atoms with Crippen molar-refractivity contribution in [2.24, 2.45) is 5.73 Å². The molecule has 0 amide bonds. The average molecular weight is 322 g/mol. The van der Waals surface area contributed by atoms with Crippen LogP contribution in [-0.4, -0.2) is 25.8 Å². The summed E-state index contributed by atoms with van der Waals surface area (Å²) in [6, 6.07) is 0. The summed E-state index contributed by atoms with van der Waals surface area (Å²) in [7, 11) is -0.895. The molecule has 0 radical (unpaired) electrons. The molecule has 2 N–H and O–H groups in total. The molecule has 1 aromatic heterocycles. The molecule has 2 unspecified atom stereocenters. The molecule has 1 heterocycles. The van der Waals surface area contributed by atoms with Crippen LogP contribution in [0, 0.1) is 6.92 Å². The van der Waals surface area contributed by atoms with Crippen LogP contribution in [0.15, 0.2) is 4.47 Å². The van der Waals surface area contributed by atoms with Gasteiger partial charge in [0.2, 0.25) is 0 Å². The molecule has 6 heteroatoms. The molecule has 0 saturated heterocycles. The van der Waals surface area contributed by atoms with Gasteiger partial charge in [-0.25, -0.2) is 0 Å². The molecular weight excluding hydrogens is 302 g/mol. The van der Waals surface area contributed by atoms with Gasteiger partial charge in [0, 0.05) is 22.6 Å². The summed E-state index contributed by atoms with van der Waals surface area (Å²) in [6.45, 7) is 7.35. The molecule has 0 aromatic carbocycles. The summed E-state index contributed by atoms with van der Waals surface area (Å²) in [4.78, 5) is 0. The Balaban J connectivity index is 2.84. The first-order chi connectivity index (χ1) is 8.01. The zero-order chi connectivity index (χ0) is 13.0. The molecule has 2 atom stereocenters. The number of nitrogens with zero attached hydrogens (tertiary/aromatic N) is 2. The van der Waals surface area contributed by atoms with Gasteiger partial charge in [-0.05, 0) is 42.7 Å². The quantitative estimate of drug-likeness (QED) is 0.871. The van der Waals surface area contributed by atoms with Crippen LogP contribution in [0.4, 0.5) is 0 Å². The lowest BCUT2D eigenvalue weighted by Crippen LogP contribution is -2.18. The molecule has 0 spiro atoms. The number of aromatic nitrogens is 2. The topological polar surface area (TPSA) is 60.9 Å². The minimum absolute atomic E-state index is 0.132. The van der Waals surface area contributed by atoms with E-state index < -0.39 is 10.8 Å². The Hall–Kier alpha value is -0.200. The molecule has 0 fully saturated rings. The van der Waals surface area contributed by atoms with E-state index in [0.29, 0.717) is 12.3 Å². The predicted molar refractivity (Wildman–Crippen MR) is 75.3 cm³/mol. The standard InChI is InChI=1S/C11H20BrN3OS/c1-4-15-10(11(12)9(3)14-15)7-17(16)8(2)5-6-13/h8H,4-7,13H2,1-3H3. The summed E-state index contributed by atoms with van der Waals surface area (Å²) >= 11 is 3.52. The summed E-state index contributed by atoms with van der Waals surface area (Å²) < 4.78 is 15.0. The third-order valence-corrected chi connectivity index (χ3v) is 5.48. The Morgan fingerprint density at radius 3 is 2.76 bits per heavy atom. The molecule has 17 heavy (non-hydrogen) atoms. The van der Waals surface area contributed by atoms with Crippen LogP contribution in [0.5, 0.6) is 0 Å². The zero-order valence-electron chi connectivity index (χ0n) is 10.6. The third kappa shape index (κ3) is 3.63. The van der Waals surface area contributed by atoms with Gasteiger partial charge in [0.05, 0.1) is 21.6 Å².